The number of carbonyl (C=O) groups is 3. The average Bonchev–Trinajstić information content (AvgIpc) is 3.01. The lowest BCUT2D eigenvalue weighted by molar-refractivity contribution is -0.134. The van der Waals surface area contributed by atoms with Gasteiger partial charge in [0.05, 0.1) is 44.1 Å². The SMILES string of the molecule is O=C(CC(CC(=O)NCCOC1Cc2ccccc21)C(=O)NCCOC1Cc2ccccc21)NCCOC1Cc2ccccc21. The Hall–Kier alpha value is -4.05. The first kappa shape index (κ1) is 31.0. The van der Waals surface area contributed by atoms with E-state index in [0.29, 0.717) is 39.5 Å². The molecule has 0 aliphatic heterocycles. The molecule has 3 aromatic carbocycles. The van der Waals surface area contributed by atoms with Crippen molar-refractivity contribution in [3.05, 3.63) is 106 Å². The van der Waals surface area contributed by atoms with E-state index >= 15 is 0 Å². The Morgan fingerprint density at radius 3 is 1.29 bits per heavy atom. The van der Waals surface area contributed by atoms with Crippen LogP contribution in [0.3, 0.4) is 0 Å². The maximum absolute atomic E-state index is 13.1. The van der Waals surface area contributed by atoms with E-state index in [1.165, 1.54) is 33.4 Å². The van der Waals surface area contributed by atoms with Crippen LogP contribution >= 0.6 is 0 Å². The first-order chi connectivity index (χ1) is 22.0. The van der Waals surface area contributed by atoms with E-state index in [0.717, 1.165) is 19.3 Å². The van der Waals surface area contributed by atoms with Crippen LogP contribution in [0.4, 0.5) is 0 Å². The lowest BCUT2D eigenvalue weighted by Crippen LogP contribution is -2.40. The van der Waals surface area contributed by atoms with Gasteiger partial charge in [-0.2, -0.15) is 0 Å². The standard InChI is InChI=1S/C36H41N3O6/c40-34(37-13-16-43-31-19-24-7-1-4-10-28(24)31)22-27(36(42)39-15-18-45-33-21-26-9-3-6-12-30(26)33)23-35(41)38-14-17-44-32-20-25-8-2-5-11-29(25)32/h1-12,27,31-33H,13-23H2,(H,37,40)(H,38,41)(H,39,42). The van der Waals surface area contributed by atoms with E-state index in [1.807, 2.05) is 36.4 Å². The van der Waals surface area contributed by atoms with Crippen molar-refractivity contribution in [3.63, 3.8) is 0 Å². The molecule has 0 saturated heterocycles. The highest BCUT2D eigenvalue weighted by atomic mass is 16.5. The number of ether oxygens (including phenoxy) is 3. The molecule has 6 rings (SSSR count). The Bertz CT molecular complexity index is 1430. The number of rotatable bonds is 17. The van der Waals surface area contributed by atoms with Gasteiger partial charge in [-0.25, -0.2) is 0 Å². The Labute approximate surface area is 264 Å². The molecule has 3 unspecified atom stereocenters. The Morgan fingerprint density at radius 2 is 0.911 bits per heavy atom. The van der Waals surface area contributed by atoms with E-state index in [2.05, 4.69) is 52.3 Å². The molecule has 0 bridgehead atoms. The fourth-order valence-corrected chi connectivity index (χ4v) is 6.24. The van der Waals surface area contributed by atoms with Crippen molar-refractivity contribution < 1.29 is 28.6 Å². The summed E-state index contributed by atoms with van der Waals surface area (Å²) in [7, 11) is 0. The van der Waals surface area contributed by atoms with Crippen LogP contribution in [-0.2, 0) is 47.9 Å². The first-order valence-corrected chi connectivity index (χ1v) is 15.9. The summed E-state index contributed by atoms with van der Waals surface area (Å²) in [6.07, 6.45) is 2.56. The van der Waals surface area contributed by atoms with Crippen molar-refractivity contribution in [3.8, 4) is 0 Å². The molecule has 45 heavy (non-hydrogen) atoms. The summed E-state index contributed by atoms with van der Waals surface area (Å²) in [6.45, 7) is 2.04. The van der Waals surface area contributed by atoms with Crippen LogP contribution in [0.5, 0.6) is 0 Å². The van der Waals surface area contributed by atoms with E-state index in [9.17, 15) is 14.4 Å². The number of carbonyl (C=O) groups excluding carboxylic acids is 3. The van der Waals surface area contributed by atoms with Crippen LogP contribution in [0.1, 0.15) is 64.5 Å². The molecule has 0 spiro atoms. The normalized spacial score (nSPS) is 19.3. The van der Waals surface area contributed by atoms with Gasteiger partial charge in [-0.1, -0.05) is 72.8 Å². The number of hydrogen-bond acceptors (Lipinski definition) is 6. The van der Waals surface area contributed by atoms with Gasteiger partial charge in [-0.05, 0) is 33.4 Å². The summed E-state index contributed by atoms with van der Waals surface area (Å²) in [4.78, 5) is 38.7. The minimum absolute atomic E-state index is 0.0386. The highest BCUT2D eigenvalue weighted by Gasteiger charge is 2.29. The minimum atomic E-state index is -0.812. The van der Waals surface area contributed by atoms with Gasteiger partial charge in [0.1, 0.15) is 0 Å². The summed E-state index contributed by atoms with van der Waals surface area (Å²) >= 11 is 0. The molecule has 9 heteroatoms. The number of nitrogens with one attached hydrogen (secondary N) is 3. The summed E-state index contributed by atoms with van der Waals surface area (Å²) in [6, 6.07) is 24.5. The van der Waals surface area contributed by atoms with Gasteiger partial charge >= 0.3 is 0 Å². The highest BCUT2D eigenvalue weighted by Crippen LogP contribution is 2.37. The minimum Gasteiger partial charge on any atom is -0.371 e. The quantitative estimate of drug-likeness (QED) is 0.201. The van der Waals surface area contributed by atoms with Crippen molar-refractivity contribution in [1.82, 2.24) is 16.0 Å². The summed E-state index contributed by atoms with van der Waals surface area (Å²) in [5, 5.41) is 8.54. The van der Waals surface area contributed by atoms with Gasteiger partial charge < -0.3 is 30.2 Å². The summed E-state index contributed by atoms with van der Waals surface area (Å²) in [5.74, 6) is -1.75. The van der Waals surface area contributed by atoms with Crippen LogP contribution in [0.2, 0.25) is 0 Å². The van der Waals surface area contributed by atoms with E-state index in [1.54, 1.807) is 0 Å². The lowest BCUT2D eigenvalue weighted by Gasteiger charge is -2.30. The summed E-state index contributed by atoms with van der Waals surface area (Å²) < 4.78 is 17.8. The second-order valence-corrected chi connectivity index (χ2v) is 11.9. The summed E-state index contributed by atoms with van der Waals surface area (Å²) in [5.41, 5.74) is 7.45. The molecular weight excluding hydrogens is 570 g/mol. The molecule has 3 aliphatic carbocycles. The zero-order valence-electron chi connectivity index (χ0n) is 25.5. The monoisotopic (exact) mass is 611 g/mol. The number of fused-ring (bicyclic) bond motifs is 3. The van der Waals surface area contributed by atoms with Gasteiger partial charge in [-0.3, -0.25) is 14.4 Å². The van der Waals surface area contributed by atoms with Gasteiger partial charge in [0.15, 0.2) is 0 Å². The first-order valence-electron chi connectivity index (χ1n) is 15.9. The fraction of sp³-hybridized carbons (Fsp3) is 0.417. The molecule has 0 saturated carbocycles. The fourth-order valence-electron chi connectivity index (χ4n) is 6.24. The molecule has 9 nitrogen and oxygen atoms in total. The number of amides is 3. The van der Waals surface area contributed by atoms with Gasteiger partial charge in [0.2, 0.25) is 17.7 Å². The average molecular weight is 612 g/mol. The Morgan fingerprint density at radius 1 is 0.556 bits per heavy atom. The van der Waals surface area contributed by atoms with Crippen LogP contribution in [0.15, 0.2) is 72.8 Å². The van der Waals surface area contributed by atoms with E-state index < -0.39 is 5.92 Å². The van der Waals surface area contributed by atoms with Crippen LogP contribution < -0.4 is 16.0 Å². The zero-order chi connectivity index (χ0) is 31.0. The molecule has 0 radical (unpaired) electrons. The molecule has 236 valence electrons. The third-order valence-electron chi connectivity index (χ3n) is 8.86. The molecule has 0 fully saturated rings. The van der Waals surface area contributed by atoms with Crippen LogP contribution in [0, 0.1) is 5.92 Å². The van der Waals surface area contributed by atoms with Gasteiger partial charge in [0.25, 0.3) is 0 Å². The molecule has 0 heterocycles. The lowest BCUT2D eigenvalue weighted by atomic mass is 9.85. The maximum Gasteiger partial charge on any atom is 0.224 e. The number of benzene rings is 3. The molecule has 3 atom stereocenters. The van der Waals surface area contributed by atoms with Crippen LogP contribution in [0.25, 0.3) is 0 Å². The van der Waals surface area contributed by atoms with Crippen molar-refractivity contribution in [2.75, 3.05) is 39.5 Å². The van der Waals surface area contributed by atoms with Gasteiger partial charge in [-0.15, -0.1) is 0 Å². The van der Waals surface area contributed by atoms with E-state index in [4.69, 9.17) is 14.2 Å². The smallest absolute Gasteiger partial charge is 0.224 e. The highest BCUT2D eigenvalue weighted by molar-refractivity contribution is 5.90. The van der Waals surface area contributed by atoms with Crippen molar-refractivity contribution >= 4 is 17.7 Å². The van der Waals surface area contributed by atoms with E-state index in [-0.39, 0.29) is 48.9 Å². The second-order valence-electron chi connectivity index (χ2n) is 11.9. The predicted octanol–water partition coefficient (Wildman–Crippen LogP) is 3.67. The molecule has 0 aromatic heterocycles. The predicted molar refractivity (Wildman–Crippen MR) is 168 cm³/mol. The third kappa shape index (κ3) is 7.79. The van der Waals surface area contributed by atoms with Crippen molar-refractivity contribution in [2.45, 2.75) is 50.4 Å². The Balaban J connectivity index is 0.923. The topological polar surface area (TPSA) is 115 Å². The number of hydrogen-bond donors (Lipinski definition) is 3. The molecule has 3 aliphatic rings. The Kier molecular flexibility index (Phi) is 10.2. The largest absolute Gasteiger partial charge is 0.371 e. The van der Waals surface area contributed by atoms with Gasteiger partial charge in [0, 0.05) is 51.7 Å². The van der Waals surface area contributed by atoms with Crippen molar-refractivity contribution in [2.24, 2.45) is 5.92 Å². The molecule has 3 N–H and O–H groups in total. The maximum atomic E-state index is 13.1. The molecular formula is C36H41N3O6. The zero-order valence-corrected chi connectivity index (χ0v) is 25.5. The third-order valence-corrected chi connectivity index (χ3v) is 8.86. The van der Waals surface area contributed by atoms with Crippen molar-refractivity contribution in [1.29, 1.82) is 0 Å². The second kappa shape index (κ2) is 14.8. The molecule has 3 aromatic rings. The van der Waals surface area contributed by atoms with Crippen LogP contribution in [-0.4, -0.2) is 57.2 Å². The molecule has 3 amide bonds.